The maximum atomic E-state index is 14.1. The van der Waals surface area contributed by atoms with Crippen molar-refractivity contribution in [3.8, 4) is 39.5 Å². The average molecular weight is 974 g/mol. The number of furan rings is 1. The van der Waals surface area contributed by atoms with Crippen molar-refractivity contribution >= 4 is 33.1 Å². The first-order valence-corrected chi connectivity index (χ1v) is 19.8. The molecule has 7 nitrogen and oxygen atoms in total. The molecule has 1 radical (unpaired) electrons. The Bertz CT molecular complexity index is 3070. The van der Waals surface area contributed by atoms with Crippen molar-refractivity contribution < 1.29 is 33.0 Å². The van der Waals surface area contributed by atoms with Crippen molar-refractivity contribution in [1.82, 2.24) is 29.9 Å². The number of pyridine rings is 1. The van der Waals surface area contributed by atoms with Crippen molar-refractivity contribution in [3.63, 3.8) is 0 Å². The third-order valence-corrected chi connectivity index (χ3v) is 10.6. The van der Waals surface area contributed by atoms with Crippen LogP contribution in [0, 0.1) is 31.7 Å². The van der Waals surface area contributed by atoms with Gasteiger partial charge in [0, 0.05) is 47.3 Å². The SMILES string of the molecule is Cc1cccc(-c2ccc3c(c2)oc2c(-c4nc5nnncc5n4-c4c(C(C)C)cccc4C(C)C)[c-]ccc23)c1.[2H]C([2H])([2H])c1c[c-]c(-c2ccc(C(C)(C)C)cn2)c(F)c1.[Ir]. The number of hydrogen-bond donors (Lipinski definition) is 0. The van der Waals surface area contributed by atoms with Crippen LogP contribution in [0.3, 0.4) is 0 Å². The van der Waals surface area contributed by atoms with E-state index in [-0.39, 0.29) is 36.6 Å². The minimum absolute atomic E-state index is 0. The van der Waals surface area contributed by atoms with Gasteiger partial charge in [0.2, 0.25) is 0 Å². The summed E-state index contributed by atoms with van der Waals surface area (Å²) in [7, 11) is 0. The van der Waals surface area contributed by atoms with Gasteiger partial charge in [-0.2, -0.15) is 0 Å². The fourth-order valence-electron chi connectivity index (χ4n) is 7.49. The van der Waals surface area contributed by atoms with Gasteiger partial charge in [0.15, 0.2) is 5.65 Å². The Labute approximate surface area is 368 Å². The molecule has 0 aliphatic heterocycles. The van der Waals surface area contributed by atoms with Gasteiger partial charge in [0.25, 0.3) is 0 Å². The molecule has 0 spiro atoms. The summed E-state index contributed by atoms with van der Waals surface area (Å²) < 4.78 is 44.7. The Hall–Kier alpha value is -5.89. The van der Waals surface area contributed by atoms with Crippen LogP contribution in [0.5, 0.6) is 0 Å². The average Bonchev–Trinajstić information content (AvgIpc) is 3.81. The van der Waals surface area contributed by atoms with E-state index in [0.29, 0.717) is 29.0 Å². The third-order valence-electron chi connectivity index (χ3n) is 10.6. The van der Waals surface area contributed by atoms with E-state index in [9.17, 15) is 4.39 Å². The van der Waals surface area contributed by atoms with Crippen LogP contribution >= 0.6 is 0 Å². The normalized spacial score (nSPS) is 12.6. The van der Waals surface area contributed by atoms with E-state index in [2.05, 4.69) is 159 Å². The van der Waals surface area contributed by atoms with E-state index in [1.807, 2.05) is 12.1 Å². The minimum atomic E-state index is -2.33. The van der Waals surface area contributed by atoms with Crippen LogP contribution in [0.4, 0.5) is 4.39 Å². The molecule has 0 aliphatic rings. The Kier molecular flexibility index (Phi) is 10.9. The molecule has 305 valence electrons. The number of fused-ring (bicyclic) bond motifs is 4. The summed E-state index contributed by atoms with van der Waals surface area (Å²) >= 11 is 0. The summed E-state index contributed by atoms with van der Waals surface area (Å²) in [5.41, 5.74) is 12.3. The van der Waals surface area contributed by atoms with Gasteiger partial charge in [-0.1, -0.05) is 144 Å². The molecule has 4 heterocycles. The monoisotopic (exact) mass is 974 g/mol. The molecular formula is C51H47FIrN6O-2. The van der Waals surface area contributed by atoms with Crippen LogP contribution in [0.1, 0.15) is 92.2 Å². The van der Waals surface area contributed by atoms with E-state index in [1.54, 1.807) is 18.5 Å². The molecular weight excluding hydrogens is 924 g/mol. The molecule has 9 heteroatoms. The first-order valence-electron chi connectivity index (χ1n) is 21.3. The summed E-state index contributed by atoms with van der Waals surface area (Å²) in [6.07, 6.45) is 3.45. The molecule has 0 fully saturated rings. The van der Waals surface area contributed by atoms with Gasteiger partial charge in [0.1, 0.15) is 11.1 Å². The zero-order valence-corrected chi connectivity index (χ0v) is 37.2. The number of nitrogens with zero attached hydrogens (tertiary/aromatic N) is 6. The standard InChI is InChI=1S/C35H30N5O.C16H17FN.Ir/c1-20(2)25-11-7-12-26(21(3)4)32(25)40-30-19-36-39-38-34(30)37-35(40)29-14-8-13-28-27-16-15-24(18-31(27)41-33(28)29)23-10-6-9-22(5)17-23;1-11-5-7-13(14(17)9-11)15-8-6-12(10-18-15)16(2,3)4;/h6-13,15-21H,1-5H3;5-6,8-10H,1-4H3;/q2*-1;/i;1D3;. The Morgan fingerprint density at radius 3 is 2.22 bits per heavy atom. The Balaban J connectivity index is 0.000000229. The number of rotatable bonds is 6. The molecule has 5 aromatic carbocycles. The molecule has 0 amide bonds. The molecule has 4 aromatic heterocycles. The number of aromatic nitrogens is 6. The minimum Gasteiger partial charge on any atom is -0.501 e. The third kappa shape index (κ3) is 8.17. The van der Waals surface area contributed by atoms with Crippen LogP contribution in [-0.2, 0) is 25.5 Å². The van der Waals surface area contributed by atoms with Crippen molar-refractivity contribution in [2.75, 3.05) is 0 Å². The first kappa shape index (κ1) is 38.3. The van der Waals surface area contributed by atoms with Gasteiger partial charge in [-0.25, -0.2) is 0 Å². The molecule has 0 N–H and O–H groups in total. The number of para-hydroxylation sites is 1. The quantitative estimate of drug-likeness (QED) is 0.154. The van der Waals surface area contributed by atoms with E-state index < -0.39 is 12.7 Å². The van der Waals surface area contributed by atoms with Crippen molar-refractivity contribution in [1.29, 1.82) is 0 Å². The Morgan fingerprint density at radius 1 is 0.800 bits per heavy atom. The number of halogens is 1. The molecule has 60 heavy (non-hydrogen) atoms. The predicted molar refractivity (Wildman–Crippen MR) is 236 cm³/mol. The van der Waals surface area contributed by atoms with E-state index in [0.717, 1.165) is 55.9 Å². The summed E-state index contributed by atoms with van der Waals surface area (Å²) in [4.78, 5) is 9.27. The van der Waals surface area contributed by atoms with Crippen molar-refractivity contribution in [3.05, 3.63) is 155 Å². The largest absolute Gasteiger partial charge is 0.501 e. The molecule has 0 unspecified atom stereocenters. The first-order chi connectivity index (χ1) is 29.5. The summed E-state index contributed by atoms with van der Waals surface area (Å²) in [5.74, 6) is 0.672. The van der Waals surface area contributed by atoms with E-state index >= 15 is 0 Å². The van der Waals surface area contributed by atoms with Crippen LogP contribution < -0.4 is 0 Å². The predicted octanol–water partition coefficient (Wildman–Crippen LogP) is 13.1. The van der Waals surface area contributed by atoms with Gasteiger partial charge < -0.3 is 14.0 Å². The number of benzene rings is 5. The van der Waals surface area contributed by atoms with Gasteiger partial charge in [-0.05, 0) is 69.0 Å². The maximum Gasteiger partial charge on any atom is 0.194 e. The van der Waals surface area contributed by atoms with Crippen LogP contribution in [0.2, 0.25) is 0 Å². The van der Waals surface area contributed by atoms with Crippen LogP contribution in [0.25, 0.3) is 72.6 Å². The molecule has 0 atom stereocenters. The summed E-state index contributed by atoms with van der Waals surface area (Å²) in [6.45, 7) is 14.9. The number of hydrogen-bond acceptors (Lipinski definition) is 6. The number of imidazole rings is 1. The van der Waals surface area contributed by atoms with Gasteiger partial charge in [-0.15, -0.1) is 52.2 Å². The topological polar surface area (TPSA) is 82.5 Å². The second kappa shape index (κ2) is 17.0. The second-order valence-electron chi connectivity index (χ2n) is 16.6. The fraction of sp³-hybridized carbons (Fsp3) is 0.235. The Morgan fingerprint density at radius 2 is 1.55 bits per heavy atom. The van der Waals surface area contributed by atoms with Crippen molar-refractivity contribution in [2.24, 2.45) is 0 Å². The molecule has 9 aromatic rings. The summed E-state index contributed by atoms with van der Waals surface area (Å²) in [6, 6.07) is 37.6. The molecule has 0 bridgehead atoms. The molecule has 0 saturated heterocycles. The van der Waals surface area contributed by atoms with Crippen molar-refractivity contribution in [2.45, 2.75) is 79.5 Å². The van der Waals surface area contributed by atoms with E-state index in [4.69, 9.17) is 13.5 Å². The van der Waals surface area contributed by atoms with Gasteiger partial charge in [-0.3, -0.25) is 9.37 Å². The fourth-order valence-corrected chi connectivity index (χ4v) is 7.49. The zero-order valence-electron chi connectivity index (χ0n) is 37.8. The maximum absolute atomic E-state index is 14.1. The van der Waals surface area contributed by atoms with Gasteiger partial charge >= 0.3 is 0 Å². The molecule has 0 saturated carbocycles. The summed E-state index contributed by atoms with van der Waals surface area (Å²) in [5, 5.41) is 14.4. The zero-order chi connectivity index (χ0) is 44.1. The smallest absolute Gasteiger partial charge is 0.194 e. The van der Waals surface area contributed by atoms with Crippen LogP contribution in [-0.4, -0.2) is 29.9 Å². The molecule has 0 aliphatic carbocycles. The molecule has 9 rings (SSSR count). The second-order valence-corrected chi connectivity index (χ2v) is 16.6. The van der Waals surface area contributed by atoms with Crippen LogP contribution in [0.15, 0.2) is 114 Å². The van der Waals surface area contributed by atoms with E-state index in [1.165, 1.54) is 28.3 Å². The number of aryl methyl sites for hydroxylation is 2. The van der Waals surface area contributed by atoms with Gasteiger partial charge in [0.05, 0.1) is 17.6 Å².